The van der Waals surface area contributed by atoms with Crippen molar-refractivity contribution in [3.8, 4) is 5.75 Å². The van der Waals surface area contributed by atoms with E-state index >= 15 is 0 Å². The topological polar surface area (TPSA) is 50.4 Å². The lowest BCUT2D eigenvalue weighted by Gasteiger charge is -2.32. The maximum atomic E-state index is 12.7. The number of ether oxygens (including phenoxy) is 1. The van der Waals surface area contributed by atoms with Crippen molar-refractivity contribution in [2.45, 2.75) is 25.1 Å². The minimum Gasteiger partial charge on any atom is -0.496 e. The molecule has 1 atom stereocenters. The van der Waals surface area contributed by atoms with Crippen molar-refractivity contribution in [3.05, 3.63) is 27.7 Å². The van der Waals surface area contributed by atoms with E-state index in [-0.39, 0.29) is 21.7 Å². The van der Waals surface area contributed by atoms with E-state index in [1.54, 1.807) is 0 Å². The molecular weight excluding hydrogens is 368 g/mol. The summed E-state index contributed by atoms with van der Waals surface area (Å²) in [5, 5.41) is 5.64. The number of rotatable bonds is 4. The van der Waals surface area contributed by atoms with Crippen molar-refractivity contribution in [2.24, 2.45) is 5.92 Å². The molecule has 1 unspecified atom stereocenters. The first-order valence-corrected chi connectivity index (χ1v) is 8.11. The number of benzene rings is 1. The summed E-state index contributed by atoms with van der Waals surface area (Å²) < 4.78 is 43.4. The van der Waals surface area contributed by atoms with Crippen LogP contribution in [0.1, 0.15) is 24.4 Å². The van der Waals surface area contributed by atoms with E-state index in [2.05, 4.69) is 10.6 Å². The zero-order valence-electron chi connectivity index (χ0n) is 12.8. The lowest BCUT2D eigenvalue weighted by molar-refractivity contribution is -0.174. The predicted molar refractivity (Wildman–Crippen MR) is 85.5 cm³/mol. The summed E-state index contributed by atoms with van der Waals surface area (Å²) in [5.74, 6) is -1.88. The fourth-order valence-corrected chi connectivity index (χ4v) is 3.14. The lowest BCUT2D eigenvalue weighted by Crippen LogP contribution is -2.44. The molecule has 0 saturated carbocycles. The Bertz CT molecular complexity index is 605. The molecule has 1 heterocycles. The Hall–Kier alpha value is -1.18. The van der Waals surface area contributed by atoms with Gasteiger partial charge < -0.3 is 15.4 Å². The maximum Gasteiger partial charge on any atom is 0.471 e. The first kappa shape index (κ1) is 19.1. The number of amides is 1. The van der Waals surface area contributed by atoms with E-state index in [9.17, 15) is 18.0 Å². The molecule has 1 aliphatic rings. The van der Waals surface area contributed by atoms with Gasteiger partial charge in [-0.3, -0.25) is 4.79 Å². The van der Waals surface area contributed by atoms with Gasteiger partial charge in [0.2, 0.25) is 0 Å². The smallest absolute Gasteiger partial charge is 0.471 e. The SMILES string of the molecule is COc1cc(Cl)c(Cl)cc1C(NC(=O)C(F)(F)F)C1CCNCC1. The van der Waals surface area contributed by atoms with Crippen LogP contribution in [0.15, 0.2) is 12.1 Å². The molecule has 0 bridgehead atoms. The zero-order valence-corrected chi connectivity index (χ0v) is 14.4. The number of carbonyl (C=O) groups excluding carboxylic acids is 1. The summed E-state index contributed by atoms with van der Waals surface area (Å²) in [4.78, 5) is 11.5. The number of halogens is 5. The third kappa shape index (κ3) is 4.46. The Labute approximate surface area is 147 Å². The predicted octanol–water partition coefficient (Wildman–Crippen LogP) is 3.72. The van der Waals surface area contributed by atoms with Crippen LogP contribution in [0.3, 0.4) is 0 Å². The molecule has 0 spiro atoms. The molecule has 2 rings (SSSR count). The van der Waals surface area contributed by atoms with Gasteiger partial charge in [0.1, 0.15) is 5.75 Å². The van der Waals surface area contributed by atoms with E-state index < -0.39 is 18.1 Å². The van der Waals surface area contributed by atoms with E-state index in [4.69, 9.17) is 27.9 Å². The second kappa shape index (κ2) is 7.80. The molecule has 1 amide bonds. The van der Waals surface area contributed by atoms with E-state index in [1.165, 1.54) is 19.2 Å². The van der Waals surface area contributed by atoms with Gasteiger partial charge in [0.25, 0.3) is 0 Å². The summed E-state index contributed by atoms with van der Waals surface area (Å²) >= 11 is 12.0. The summed E-state index contributed by atoms with van der Waals surface area (Å²) in [7, 11) is 1.38. The first-order valence-electron chi connectivity index (χ1n) is 7.35. The van der Waals surface area contributed by atoms with Crippen molar-refractivity contribution in [1.29, 1.82) is 0 Å². The van der Waals surface area contributed by atoms with Crippen LogP contribution in [0, 0.1) is 5.92 Å². The Balaban J connectivity index is 2.41. The molecule has 0 aliphatic carbocycles. The Morgan fingerprint density at radius 2 is 1.88 bits per heavy atom. The molecule has 0 aromatic heterocycles. The van der Waals surface area contributed by atoms with Crippen molar-refractivity contribution >= 4 is 29.1 Å². The van der Waals surface area contributed by atoms with E-state index in [0.717, 1.165) is 0 Å². The van der Waals surface area contributed by atoms with Crippen LogP contribution < -0.4 is 15.4 Å². The minimum absolute atomic E-state index is 0.177. The van der Waals surface area contributed by atoms with E-state index in [1.807, 2.05) is 0 Å². The van der Waals surface area contributed by atoms with Gasteiger partial charge in [0, 0.05) is 11.6 Å². The van der Waals surface area contributed by atoms with Crippen molar-refractivity contribution in [2.75, 3.05) is 20.2 Å². The molecule has 9 heteroatoms. The first-order chi connectivity index (χ1) is 11.2. The van der Waals surface area contributed by atoms with Gasteiger partial charge in [-0.15, -0.1) is 0 Å². The van der Waals surface area contributed by atoms with Crippen LogP contribution in [0.4, 0.5) is 13.2 Å². The van der Waals surface area contributed by atoms with Crippen molar-refractivity contribution in [1.82, 2.24) is 10.6 Å². The fourth-order valence-electron chi connectivity index (χ4n) is 2.81. The van der Waals surface area contributed by atoms with Gasteiger partial charge in [0.15, 0.2) is 0 Å². The lowest BCUT2D eigenvalue weighted by atomic mass is 9.85. The second-order valence-corrected chi connectivity index (χ2v) is 6.36. The van der Waals surface area contributed by atoms with Crippen LogP contribution in [0.2, 0.25) is 10.0 Å². The van der Waals surface area contributed by atoms with Crippen LogP contribution in [0.25, 0.3) is 0 Å². The number of methoxy groups -OCH3 is 1. The average molecular weight is 385 g/mol. The zero-order chi connectivity index (χ0) is 17.9. The third-order valence-corrected chi connectivity index (χ3v) is 4.73. The summed E-state index contributed by atoms with van der Waals surface area (Å²) in [6.45, 7) is 1.32. The van der Waals surface area contributed by atoms with Crippen LogP contribution in [0.5, 0.6) is 5.75 Å². The highest BCUT2D eigenvalue weighted by atomic mass is 35.5. The largest absolute Gasteiger partial charge is 0.496 e. The molecule has 1 aliphatic heterocycles. The molecule has 1 saturated heterocycles. The Morgan fingerprint density at radius 1 is 1.29 bits per heavy atom. The molecule has 134 valence electrons. The highest BCUT2D eigenvalue weighted by Gasteiger charge is 2.41. The normalized spacial score (nSPS) is 17.4. The standard InChI is InChI=1S/C15H17Cl2F3N2O2/c1-24-12-7-11(17)10(16)6-9(12)13(8-2-4-21-5-3-8)22-14(23)15(18,19)20/h6-8,13,21H,2-5H2,1H3,(H,22,23). The maximum absolute atomic E-state index is 12.7. The fraction of sp³-hybridized carbons (Fsp3) is 0.533. The molecule has 1 fully saturated rings. The molecule has 24 heavy (non-hydrogen) atoms. The van der Waals surface area contributed by atoms with Crippen molar-refractivity contribution in [3.63, 3.8) is 0 Å². The van der Waals surface area contributed by atoms with Crippen LogP contribution >= 0.6 is 23.2 Å². The highest BCUT2D eigenvalue weighted by molar-refractivity contribution is 6.42. The number of alkyl halides is 3. The summed E-state index contributed by atoms with van der Waals surface area (Å²) in [5.41, 5.74) is 0.386. The van der Waals surface area contributed by atoms with Gasteiger partial charge in [-0.25, -0.2) is 0 Å². The quantitative estimate of drug-likeness (QED) is 0.831. The summed E-state index contributed by atoms with van der Waals surface area (Å²) in [6, 6.07) is 2.02. The number of piperidine rings is 1. The van der Waals surface area contributed by atoms with Crippen LogP contribution in [-0.2, 0) is 4.79 Å². The molecular formula is C15H17Cl2F3N2O2. The molecule has 1 aromatic rings. The number of hydrogen-bond acceptors (Lipinski definition) is 3. The van der Waals surface area contributed by atoms with Gasteiger partial charge in [-0.1, -0.05) is 23.2 Å². The number of nitrogens with one attached hydrogen (secondary N) is 2. The van der Waals surface area contributed by atoms with Crippen molar-refractivity contribution < 1.29 is 22.7 Å². The highest BCUT2D eigenvalue weighted by Crippen LogP contribution is 2.39. The third-order valence-electron chi connectivity index (χ3n) is 4.01. The average Bonchev–Trinajstić information content (AvgIpc) is 2.54. The minimum atomic E-state index is -4.96. The molecule has 1 aromatic carbocycles. The molecule has 4 nitrogen and oxygen atoms in total. The van der Waals surface area contributed by atoms with Gasteiger partial charge in [-0.2, -0.15) is 13.2 Å². The molecule has 0 radical (unpaired) electrons. The van der Waals surface area contributed by atoms with Crippen LogP contribution in [-0.4, -0.2) is 32.3 Å². The Morgan fingerprint density at radius 3 is 2.42 bits per heavy atom. The van der Waals surface area contributed by atoms with E-state index in [0.29, 0.717) is 31.5 Å². The Kier molecular flexibility index (Phi) is 6.22. The van der Waals surface area contributed by atoms with Gasteiger partial charge in [0.05, 0.1) is 23.2 Å². The number of hydrogen-bond donors (Lipinski definition) is 2. The number of carbonyl (C=O) groups is 1. The second-order valence-electron chi connectivity index (χ2n) is 5.54. The van der Waals surface area contributed by atoms with Gasteiger partial charge in [-0.05, 0) is 37.9 Å². The molecule has 2 N–H and O–H groups in total. The van der Waals surface area contributed by atoms with Gasteiger partial charge >= 0.3 is 12.1 Å². The monoisotopic (exact) mass is 384 g/mol. The summed E-state index contributed by atoms with van der Waals surface area (Å²) in [6.07, 6.45) is -3.73.